The number of hydrogen-bond acceptors (Lipinski definition) is 5. The van der Waals surface area contributed by atoms with Gasteiger partial charge in [-0.25, -0.2) is 18.5 Å². The summed E-state index contributed by atoms with van der Waals surface area (Å²) >= 11 is 0. The maximum atomic E-state index is 12.0. The average molecular weight is 314 g/mol. The molecule has 0 atom stereocenters. The summed E-state index contributed by atoms with van der Waals surface area (Å²) in [6.07, 6.45) is 1.66. The lowest BCUT2D eigenvalue weighted by Crippen LogP contribution is -2.31. The number of pyridine rings is 1. The van der Waals surface area contributed by atoms with E-state index in [-0.39, 0.29) is 18.2 Å². The number of primary sulfonamides is 1. The highest BCUT2D eigenvalue weighted by Crippen LogP contribution is 2.11. The molecule has 0 aromatic carbocycles. The van der Waals surface area contributed by atoms with Crippen molar-refractivity contribution in [3.8, 4) is 0 Å². The number of aromatic nitrogens is 1. The van der Waals surface area contributed by atoms with Crippen LogP contribution in [0.5, 0.6) is 0 Å². The van der Waals surface area contributed by atoms with Crippen molar-refractivity contribution in [3.05, 3.63) is 23.4 Å². The van der Waals surface area contributed by atoms with Gasteiger partial charge in [0, 0.05) is 24.3 Å². The Morgan fingerprint density at radius 3 is 2.57 bits per heavy atom. The minimum absolute atomic E-state index is 0.0147. The molecule has 0 aliphatic carbocycles. The molecule has 8 heteroatoms. The zero-order valence-electron chi connectivity index (χ0n) is 12.3. The Bertz CT molecular complexity index is 587. The van der Waals surface area contributed by atoms with Gasteiger partial charge in [0.05, 0.1) is 5.75 Å². The van der Waals surface area contributed by atoms with Crippen molar-refractivity contribution in [1.29, 1.82) is 0 Å². The van der Waals surface area contributed by atoms with Crippen molar-refractivity contribution in [2.45, 2.75) is 26.7 Å². The SMILES string of the molecule is CCCNc1cc(C(=O)NCCS(N)(=O)=O)cc(CC)n1. The first kappa shape index (κ1) is 17.4. The highest BCUT2D eigenvalue weighted by Gasteiger charge is 2.10. The second-order valence-electron chi connectivity index (χ2n) is 4.64. The number of hydrogen-bond donors (Lipinski definition) is 3. The van der Waals surface area contributed by atoms with Crippen molar-refractivity contribution in [3.63, 3.8) is 0 Å². The molecule has 1 aromatic rings. The van der Waals surface area contributed by atoms with Crippen molar-refractivity contribution in [1.82, 2.24) is 10.3 Å². The summed E-state index contributed by atoms with van der Waals surface area (Å²) in [5.41, 5.74) is 1.25. The first-order valence-electron chi connectivity index (χ1n) is 6.89. The molecule has 0 unspecified atom stereocenters. The summed E-state index contributed by atoms with van der Waals surface area (Å²) in [4.78, 5) is 16.4. The van der Waals surface area contributed by atoms with Crippen LogP contribution in [-0.2, 0) is 16.4 Å². The minimum atomic E-state index is -3.57. The maximum Gasteiger partial charge on any atom is 0.251 e. The molecule has 0 spiro atoms. The van der Waals surface area contributed by atoms with E-state index < -0.39 is 10.0 Å². The quantitative estimate of drug-likeness (QED) is 0.646. The van der Waals surface area contributed by atoms with Crippen LogP contribution >= 0.6 is 0 Å². The Kier molecular flexibility index (Phi) is 6.57. The van der Waals surface area contributed by atoms with Crippen LogP contribution in [0.25, 0.3) is 0 Å². The second-order valence-corrected chi connectivity index (χ2v) is 6.37. The van der Waals surface area contributed by atoms with Crippen LogP contribution in [0, 0.1) is 0 Å². The zero-order chi connectivity index (χ0) is 15.9. The van der Waals surface area contributed by atoms with Gasteiger partial charge < -0.3 is 10.6 Å². The van der Waals surface area contributed by atoms with E-state index in [1.54, 1.807) is 12.1 Å². The summed E-state index contributed by atoms with van der Waals surface area (Å²) in [5.74, 6) is 0.0221. The number of sulfonamides is 1. The first-order valence-corrected chi connectivity index (χ1v) is 8.60. The monoisotopic (exact) mass is 314 g/mol. The second kappa shape index (κ2) is 7.94. The lowest BCUT2D eigenvalue weighted by molar-refractivity contribution is 0.0956. The summed E-state index contributed by atoms with van der Waals surface area (Å²) < 4.78 is 21.7. The molecule has 1 heterocycles. The molecule has 1 aromatic heterocycles. The van der Waals surface area contributed by atoms with Gasteiger partial charge in [0.2, 0.25) is 10.0 Å². The molecular formula is C13H22N4O3S. The van der Waals surface area contributed by atoms with Crippen molar-refractivity contribution in [2.24, 2.45) is 5.14 Å². The van der Waals surface area contributed by atoms with Gasteiger partial charge in [-0.05, 0) is 25.0 Å². The molecule has 0 saturated heterocycles. The van der Waals surface area contributed by atoms with E-state index in [0.717, 1.165) is 18.7 Å². The fourth-order valence-corrected chi connectivity index (χ4v) is 2.04. The molecule has 0 fully saturated rings. The number of carbonyl (C=O) groups is 1. The summed E-state index contributed by atoms with van der Waals surface area (Å²) in [6, 6.07) is 3.35. The normalized spacial score (nSPS) is 11.2. The topological polar surface area (TPSA) is 114 Å². The Balaban J connectivity index is 2.77. The summed E-state index contributed by atoms with van der Waals surface area (Å²) in [7, 11) is -3.57. The molecule has 118 valence electrons. The average Bonchev–Trinajstić information content (AvgIpc) is 2.43. The van der Waals surface area contributed by atoms with Crippen molar-refractivity contribution >= 4 is 21.7 Å². The van der Waals surface area contributed by atoms with Crippen LogP contribution in [0.4, 0.5) is 5.82 Å². The molecule has 1 amide bonds. The van der Waals surface area contributed by atoms with Crippen LogP contribution in [0.15, 0.2) is 12.1 Å². The summed E-state index contributed by atoms with van der Waals surface area (Å²) in [6.45, 7) is 4.75. The number of anilines is 1. The highest BCUT2D eigenvalue weighted by molar-refractivity contribution is 7.89. The van der Waals surface area contributed by atoms with Gasteiger partial charge in [0.15, 0.2) is 0 Å². The molecule has 0 saturated carbocycles. The smallest absolute Gasteiger partial charge is 0.251 e. The maximum absolute atomic E-state index is 12.0. The Morgan fingerprint density at radius 1 is 1.29 bits per heavy atom. The largest absolute Gasteiger partial charge is 0.370 e. The number of aryl methyl sites for hydroxylation is 1. The van der Waals surface area contributed by atoms with E-state index in [4.69, 9.17) is 5.14 Å². The van der Waals surface area contributed by atoms with Gasteiger partial charge >= 0.3 is 0 Å². The first-order chi connectivity index (χ1) is 9.85. The number of nitrogens with one attached hydrogen (secondary N) is 2. The fraction of sp³-hybridized carbons (Fsp3) is 0.538. The number of amides is 1. The number of nitrogens with two attached hydrogens (primary N) is 1. The van der Waals surface area contributed by atoms with Crippen LogP contribution < -0.4 is 15.8 Å². The van der Waals surface area contributed by atoms with Crippen LogP contribution in [0.3, 0.4) is 0 Å². The fourth-order valence-electron chi connectivity index (χ4n) is 1.65. The van der Waals surface area contributed by atoms with E-state index in [1.807, 2.05) is 13.8 Å². The van der Waals surface area contributed by atoms with Gasteiger partial charge in [-0.15, -0.1) is 0 Å². The van der Waals surface area contributed by atoms with Crippen molar-refractivity contribution in [2.75, 3.05) is 24.2 Å². The molecule has 1 rings (SSSR count). The van der Waals surface area contributed by atoms with E-state index in [1.165, 1.54) is 0 Å². The third kappa shape index (κ3) is 6.54. The molecule has 7 nitrogen and oxygen atoms in total. The van der Waals surface area contributed by atoms with Crippen LogP contribution in [0.1, 0.15) is 36.3 Å². The summed E-state index contributed by atoms with van der Waals surface area (Å²) in [5, 5.41) is 10.6. The van der Waals surface area contributed by atoms with Crippen LogP contribution in [-0.4, -0.2) is 38.2 Å². The van der Waals surface area contributed by atoms with Gasteiger partial charge in [0.25, 0.3) is 5.91 Å². The predicted octanol–water partition coefficient (Wildman–Crippen LogP) is 0.484. The Labute approximate surface area is 125 Å². The lowest BCUT2D eigenvalue weighted by atomic mass is 10.2. The molecule has 0 bridgehead atoms. The predicted molar refractivity (Wildman–Crippen MR) is 82.7 cm³/mol. The number of carbonyl (C=O) groups excluding carboxylic acids is 1. The zero-order valence-corrected chi connectivity index (χ0v) is 13.2. The highest BCUT2D eigenvalue weighted by atomic mass is 32.2. The van der Waals surface area contributed by atoms with Gasteiger partial charge in [-0.3, -0.25) is 4.79 Å². The third-order valence-corrected chi connectivity index (χ3v) is 3.50. The van der Waals surface area contributed by atoms with Crippen molar-refractivity contribution < 1.29 is 13.2 Å². The van der Waals surface area contributed by atoms with E-state index in [2.05, 4.69) is 15.6 Å². The van der Waals surface area contributed by atoms with Gasteiger partial charge in [-0.1, -0.05) is 13.8 Å². The van der Waals surface area contributed by atoms with E-state index in [0.29, 0.717) is 17.8 Å². The minimum Gasteiger partial charge on any atom is -0.370 e. The standard InChI is InChI=1S/C13H22N4O3S/c1-3-5-15-12-9-10(8-11(4-2)17-12)13(18)16-6-7-21(14,19)20/h8-9H,3-7H2,1-2H3,(H,15,17)(H,16,18)(H2,14,19,20). The molecule has 21 heavy (non-hydrogen) atoms. The Morgan fingerprint density at radius 2 is 2.00 bits per heavy atom. The van der Waals surface area contributed by atoms with Gasteiger partial charge in [0.1, 0.15) is 5.82 Å². The third-order valence-electron chi connectivity index (χ3n) is 2.73. The van der Waals surface area contributed by atoms with E-state index in [9.17, 15) is 13.2 Å². The lowest BCUT2D eigenvalue weighted by Gasteiger charge is -2.10. The van der Waals surface area contributed by atoms with E-state index >= 15 is 0 Å². The van der Waals surface area contributed by atoms with Crippen LogP contribution in [0.2, 0.25) is 0 Å². The molecule has 0 aliphatic heterocycles. The molecular weight excluding hydrogens is 292 g/mol. The molecule has 0 aliphatic rings. The molecule has 4 N–H and O–H groups in total. The number of nitrogens with zero attached hydrogens (tertiary/aromatic N) is 1. The number of rotatable bonds is 8. The Hall–Kier alpha value is -1.67. The van der Waals surface area contributed by atoms with Gasteiger partial charge in [-0.2, -0.15) is 0 Å². The molecule has 0 radical (unpaired) electrons.